The molecular weight excluding hydrogens is 327 g/mol. The fourth-order valence-corrected chi connectivity index (χ4v) is 2.63. The number of likely N-dealkylation sites (N-methyl/N-ethyl adjacent to an activating group) is 1. The van der Waals surface area contributed by atoms with Crippen LogP contribution in [-0.4, -0.2) is 36.2 Å². The highest BCUT2D eigenvalue weighted by atomic mass is 35.5. The maximum atomic E-state index is 13.2. The van der Waals surface area contributed by atoms with Crippen LogP contribution in [0.25, 0.3) is 16.6 Å². The normalized spacial score (nSPS) is 12.8. The number of benzene rings is 2. The van der Waals surface area contributed by atoms with Gasteiger partial charge in [-0.1, -0.05) is 11.6 Å². The molecule has 126 valence electrons. The molecule has 1 unspecified atom stereocenters. The number of rotatable bonds is 5. The van der Waals surface area contributed by atoms with Crippen LogP contribution in [-0.2, 0) is 0 Å². The third-order valence-corrected chi connectivity index (χ3v) is 4.43. The molecule has 0 fully saturated rings. The zero-order chi connectivity index (χ0) is 17.3. The standard InChI is InChI=1S/C19H20ClFN2O/c1-13(22(2)3)12-24-19-11-23(16-7-5-15(21)6-8-16)18-9-4-14(20)10-17(18)19/h4-11,13H,12H2,1-3H3. The van der Waals surface area contributed by atoms with Crippen LogP contribution in [0, 0.1) is 5.82 Å². The van der Waals surface area contributed by atoms with E-state index in [1.54, 1.807) is 12.1 Å². The summed E-state index contributed by atoms with van der Waals surface area (Å²) in [6, 6.07) is 12.4. The molecule has 0 saturated carbocycles. The number of hydrogen-bond donors (Lipinski definition) is 0. The van der Waals surface area contributed by atoms with Crippen molar-refractivity contribution in [2.24, 2.45) is 0 Å². The smallest absolute Gasteiger partial charge is 0.145 e. The Morgan fingerprint density at radius 1 is 1.17 bits per heavy atom. The zero-order valence-corrected chi connectivity index (χ0v) is 14.7. The Labute approximate surface area is 146 Å². The van der Waals surface area contributed by atoms with Crippen molar-refractivity contribution in [3.05, 3.63) is 59.5 Å². The van der Waals surface area contributed by atoms with Gasteiger partial charge < -0.3 is 14.2 Å². The third-order valence-electron chi connectivity index (χ3n) is 4.20. The molecule has 0 amide bonds. The molecule has 3 aromatic rings. The molecule has 0 saturated heterocycles. The minimum atomic E-state index is -0.255. The number of aromatic nitrogens is 1. The second-order valence-electron chi connectivity index (χ2n) is 6.12. The molecule has 0 aliphatic rings. The lowest BCUT2D eigenvalue weighted by molar-refractivity contribution is 0.200. The molecule has 1 heterocycles. The lowest BCUT2D eigenvalue weighted by Gasteiger charge is -2.19. The van der Waals surface area contributed by atoms with Gasteiger partial charge in [0.1, 0.15) is 18.2 Å². The van der Waals surface area contributed by atoms with Crippen molar-refractivity contribution in [2.45, 2.75) is 13.0 Å². The van der Waals surface area contributed by atoms with E-state index in [-0.39, 0.29) is 11.9 Å². The zero-order valence-electron chi connectivity index (χ0n) is 14.0. The maximum Gasteiger partial charge on any atom is 0.145 e. The van der Waals surface area contributed by atoms with Crippen molar-refractivity contribution in [1.82, 2.24) is 9.47 Å². The maximum absolute atomic E-state index is 13.2. The van der Waals surface area contributed by atoms with Crippen LogP contribution in [0.15, 0.2) is 48.7 Å². The van der Waals surface area contributed by atoms with Gasteiger partial charge in [-0.05, 0) is 63.5 Å². The van der Waals surface area contributed by atoms with Gasteiger partial charge in [0.15, 0.2) is 0 Å². The minimum Gasteiger partial charge on any atom is -0.490 e. The van der Waals surface area contributed by atoms with E-state index in [0.717, 1.165) is 22.3 Å². The number of hydrogen-bond acceptors (Lipinski definition) is 2. The Bertz CT molecular complexity index is 842. The Kier molecular flexibility index (Phi) is 4.78. The molecule has 0 radical (unpaired) electrons. The van der Waals surface area contributed by atoms with Crippen LogP contribution in [0.4, 0.5) is 4.39 Å². The Balaban J connectivity index is 2.02. The van der Waals surface area contributed by atoms with Crippen LogP contribution in [0.3, 0.4) is 0 Å². The number of halogens is 2. The fourth-order valence-electron chi connectivity index (χ4n) is 2.46. The largest absolute Gasteiger partial charge is 0.490 e. The molecule has 0 bridgehead atoms. The Morgan fingerprint density at radius 3 is 2.54 bits per heavy atom. The van der Waals surface area contributed by atoms with Gasteiger partial charge in [0.2, 0.25) is 0 Å². The minimum absolute atomic E-state index is 0.255. The summed E-state index contributed by atoms with van der Waals surface area (Å²) >= 11 is 6.16. The van der Waals surface area contributed by atoms with Gasteiger partial charge in [0.05, 0.1) is 11.7 Å². The molecule has 3 nitrogen and oxygen atoms in total. The van der Waals surface area contributed by atoms with E-state index in [1.165, 1.54) is 12.1 Å². The first kappa shape index (κ1) is 16.8. The predicted octanol–water partition coefficient (Wildman–Crippen LogP) is 4.75. The van der Waals surface area contributed by atoms with Crippen LogP contribution in [0.1, 0.15) is 6.92 Å². The fraction of sp³-hybridized carbons (Fsp3) is 0.263. The van der Waals surface area contributed by atoms with Crippen molar-refractivity contribution in [3.8, 4) is 11.4 Å². The topological polar surface area (TPSA) is 17.4 Å². The molecule has 1 atom stereocenters. The second kappa shape index (κ2) is 6.83. The van der Waals surface area contributed by atoms with Crippen LogP contribution in [0.5, 0.6) is 5.75 Å². The van der Waals surface area contributed by atoms with Crippen molar-refractivity contribution < 1.29 is 9.13 Å². The lowest BCUT2D eigenvalue weighted by Crippen LogP contribution is -2.30. The van der Waals surface area contributed by atoms with Gasteiger partial charge in [-0.15, -0.1) is 0 Å². The molecule has 2 aromatic carbocycles. The van der Waals surface area contributed by atoms with Gasteiger partial charge in [-0.3, -0.25) is 0 Å². The van der Waals surface area contributed by atoms with Crippen molar-refractivity contribution >= 4 is 22.5 Å². The van der Waals surface area contributed by atoms with Gasteiger partial charge in [0.25, 0.3) is 0 Å². The lowest BCUT2D eigenvalue weighted by atomic mass is 10.2. The van der Waals surface area contributed by atoms with Gasteiger partial charge >= 0.3 is 0 Å². The Hall–Kier alpha value is -2.04. The average Bonchev–Trinajstić information content (AvgIpc) is 2.91. The van der Waals surface area contributed by atoms with Crippen molar-refractivity contribution in [2.75, 3.05) is 20.7 Å². The van der Waals surface area contributed by atoms with E-state index < -0.39 is 0 Å². The van der Waals surface area contributed by atoms with E-state index in [9.17, 15) is 4.39 Å². The summed E-state index contributed by atoms with van der Waals surface area (Å²) in [7, 11) is 4.04. The summed E-state index contributed by atoms with van der Waals surface area (Å²) in [4.78, 5) is 2.10. The van der Waals surface area contributed by atoms with Crippen molar-refractivity contribution in [1.29, 1.82) is 0 Å². The first-order valence-corrected chi connectivity index (χ1v) is 8.19. The molecule has 0 N–H and O–H groups in total. The van der Waals surface area contributed by atoms with E-state index in [0.29, 0.717) is 11.6 Å². The first-order chi connectivity index (χ1) is 11.5. The molecule has 0 aliphatic heterocycles. The predicted molar refractivity (Wildman–Crippen MR) is 96.9 cm³/mol. The third kappa shape index (κ3) is 3.40. The van der Waals surface area contributed by atoms with Crippen molar-refractivity contribution in [3.63, 3.8) is 0 Å². The summed E-state index contributed by atoms with van der Waals surface area (Å²) in [5, 5.41) is 1.60. The summed E-state index contributed by atoms with van der Waals surface area (Å²) in [6.45, 7) is 2.67. The highest BCUT2D eigenvalue weighted by Gasteiger charge is 2.13. The molecular formula is C19H20ClFN2O. The molecule has 0 aliphatic carbocycles. The highest BCUT2D eigenvalue weighted by molar-refractivity contribution is 6.31. The number of nitrogens with zero attached hydrogens (tertiary/aromatic N) is 2. The van der Waals surface area contributed by atoms with E-state index in [1.807, 2.05) is 43.1 Å². The van der Waals surface area contributed by atoms with Crippen LogP contribution >= 0.6 is 11.6 Å². The van der Waals surface area contributed by atoms with E-state index in [2.05, 4.69) is 11.8 Å². The number of ether oxygens (including phenoxy) is 1. The van der Waals surface area contributed by atoms with Gasteiger partial charge in [-0.25, -0.2) is 4.39 Å². The summed E-state index contributed by atoms with van der Waals surface area (Å²) in [5.41, 5.74) is 1.85. The molecule has 24 heavy (non-hydrogen) atoms. The second-order valence-corrected chi connectivity index (χ2v) is 6.56. The quantitative estimate of drug-likeness (QED) is 0.663. The average molecular weight is 347 g/mol. The summed E-state index contributed by atoms with van der Waals surface area (Å²) in [6.07, 6.45) is 1.93. The first-order valence-electron chi connectivity index (χ1n) is 7.81. The molecule has 0 spiro atoms. The molecule has 1 aromatic heterocycles. The highest BCUT2D eigenvalue weighted by Crippen LogP contribution is 2.33. The molecule has 3 rings (SSSR count). The monoisotopic (exact) mass is 346 g/mol. The van der Waals surface area contributed by atoms with E-state index >= 15 is 0 Å². The van der Waals surface area contributed by atoms with Gasteiger partial charge in [0, 0.05) is 22.1 Å². The molecule has 5 heteroatoms. The Morgan fingerprint density at radius 2 is 1.88 bits per heavy atom. The summed E-state index contributed by atoms with van der Waals surface area (Å²) < 4.78 is 21.2. The van der Waals surface area contributed by atoms with Crippen LogP contribution in [0.2, 0.25) is 5.02 Å². The SMILES string of the molecule is CC(COc1cn(-c2ccc(F)cc2)c2ccc(Cl)cc12)N(C)C. The van der Waals surface area contributed by atoms with Crippen LogP contribution < -0.4 is 4.74 Å². The van der Waals surface area contributed by atoms with E-state index in [4.69, 9.17) is 16.3 Å². The summed E-state index contributed by atoms with van der Waals surface area (Å²) in [5.74, 6) is 0.514. The number of fused-ring (bicyclic) bond motifs is 1. The van der Waals surface area contributed by atoms with Gasteiger partial charge in [-0.2, -0.15) is 0 Å².